The van der Waals surface area contributed by atoms with Gasteiger partial charge in [-0.05, 0) is 31.5 Å². The lowest BCUT2D eigenvalue weighted by molar-refractivity contribution is -0.126. The van der Waals surface area contributed by atoms with Crippen LogP contribution in [0.1, 0.15) is 12.8 Å². The van der Waals surface area contributed by atoms with Gasteiger partial charge >= 0.3 is 0 Å². The van der Waals surface area contributed by atoms with E-state index >= 15 is 0 Å². The molecule has 4 N–H and O–H groups in total. The lowest BCUT2D eigenvalue weighted by Crippen LogP contribution is -2.45. The Hall–Kier alpha value is -2.08. The number of nitrogen functional groups attached to an aromatic ring is 1. The third-order valence-electron chi connectivity index (χ3n) is 3.49. The molecule has 1 saturated heterocycles. The molecule has 0 aliphatic carbocycles. The first kappa shape index (κ1) is 14.3. The topological polar surface area (TPSA) is 87.5 Å². The molecule has 1 unspecified atom stereocenters. The highest BCUT2D eigenvalue weighted by Crippen LogP contribution is 2.19. The first-order chi connectivity index (χ1) is 9.61. The summed E-state index contributed by atoms with van der Waals surface area (Å²) in [4.78, 5) is 25.6. The van der Waals surface area contributed by atoms with E-state index in [-0.39, 0.29) is 24.4 Å². The van der Waals surface area contributed by atoms with Gasteiger partial charge < -0.3 is 16.4 Å². The van der Waals surface area contributed by atoms with Crippen molar-refractivity contribution in [2.75, 3.05) is 31.2 Å². The Balaban J connectivity index is 1.94. The standard InChI is InChI=1S/C14H20N4O2/c1-16-14(20)12-7-4-8-18(12)9-13(19)17-11-6-3-2-5-10(11)15/h2-3,5-6,12H,4,7-9,15H2,1H3,(H,16,20)(H,17,19). The number of anilines is 2. The summed E-state index contributed by atoms with van der Waals surface area (Å²) in [6, 6.07) is 6.91. The van der Waals surface area contributed by atoms with Crippen molar-refractivity contribution in [3.8, 4) is 0 Å². The summed E-state index contributed by atoms with van der Waals surface area (Å²) in [5, 5.41) is 5.41. The van der Waals surface area contributed by atoms with Gasteiger partial charge in [0.2, 0.25) is 11.8 Å². The van der Waals surface area contributed by atoms with Crippen molar-refractivity contribution in [2.24, 2.45) is 0 Å². The van der Waals surface area contributed by atoms with Crippen LogP contribution in [0, 0.1) is 0 Å². The lowest BCUT2D eigenvalue weighted by Gasteiger charge is -2.22. The number of para-hydroxylation sites is 2. The highest BCUT2D eigenvalue weighted by atomic mass is 16.2. The fourth-order valence-electron chi connectivity index (χ4n) is 2.46. The number of likely N-dealkylation sites (tertiary alicyclic amines) is 1. The van der Waals surface area contributed by atoms with E-state index in [4.69, 9.17) is 5.73 Å². The summed E-state index contributed by atoms with van der Waals surface area (Å²) in [5.41, 5.74) is 6.92. The predicted octanol–water partition coefficient (Wildman–Crippen LogP) is 0.418. The smallest absolute Gasteiger partial charge is 0.238 e. The zero-order chi connectivity index (χ0) is 14.5. The molecule has 2 rings (SSSR count). The molecule has 0 bridgehead atoms. The normalized spacial score (nSPS) is 18.8. The highest BCUT2D eigenvalue weighted by molar-refractivity contribution is 5.95. The second kappa shape index (κ2) is 6.38. The Labute approximate surface area is 118 Å². The number of carbonyl (C=O) groups is 2. The van der Waals surface area contributed by atoms with Gasteiger partial charge in [-0.2, -0.15) is 0 Å². The van der Waals surface area contributed by atoms with Crippen LogP contribution in [0.3, 0.4) is 0 Å². The van der Waals surface area contributed by atoms with E-state index in [0.717, 1.165) is 19.4 Å². The van der Waals surface area contributed by atoms with E-state index < -0.39 is 0 Å². The van der Waals surface area contributed by atoms with E-state index in [1.807, 2.05) is 17.0 Å². The van der Waals surface area contributed by atoms with Crippen molar-refractivity contribution in [3.05, 3.63) is 24.3 Å². The third kappa shape index (κ3) is 3.27. The fourth-order valence-corrected chi connectivity index (χ4v) is 2.46. The van der Waals surface area contributed by atoms with Gasteiger partial charge in [-0.15, -0.1) is 0 Å². The van der Waals surface area contributed by atoms with Gasteiger partial charge in [-0.3, -0.25) is 14.5 Å². The van der Waals surface area contributed by atoms with Crippen molar-refractivity contribution >= 4 is 23.2 Å². The van der Waals surface area contributed by atoms with Crippen molar-refractivity contribution in [3.63, 3.8) is 0 Å². The van der Waals surface area contributed by atoms with Gasteiger partial charge in [-0.25, -0.2) is 0 Å². The largest absolute Gasteiger partial charge is 0.397 e. The lowest BCUT2D eigenvalue weighted by atomic mass is 10.2. The molecule has 1 fully saturated rings. The monoisotopic (exact) mass is 276 g/mol. The van der Waals surface area contributed by atoms with Gasteiger partial charge in [0.1, 0.15) is 0 Å². The number of amides is 2. The minimum absolute atomic E-state index is 0.0328. The van der Waals surface area contributed by atoms with Crippen LogP contribution in [0.15, 0.2) is 24.3 Å². The van der Waals surface area contributed by atoms with Gasteiger partial charge in [-0.1, -0.05) is 12.1 Å². The van der Waals surface area contributed by atoms with Gasteiger partial charge in [0.15, 0.2) is 0 Å². The molecule has 1 atom stereocenters. The summed E-state index contributed by atoms with van der Waals surface area (Å²) in [6.07, 6.45) is 1.72. The Bertz CT molecular complexity index is 504. The summed E-state index contributed by atoms with van der Waals surface area (Å²) < 4.78 is 0. The maximum Gasteiger partial charge on any atom is 0.238 e. The first-order valence-corrected chi connectivity index (χ1v) is 6.72. The molecule has 1 heterocycles. The van der Waals surface area contributed by atoms with E-state index in [9.17, 15) is 9.59 Å². The molecule has 108 valence electrons. The van der Waals surface area contributed by atoms with E-state index in [0.29, 0.717) is 11.4 Å². The number of nitrogens with one attached hydrogen (secondary N) is 2. The minimum atomic E-state index is -0.209. The van der Waals surface area contributed by atoms with Crippen LogP contribution in [-0.4, -0.2) is 42.9 Å². The molecular weight excluding hydrogens is 256 g/mol. The van der Waals surface area contributed by atoms with E-state index in [1.54, 1.807) is 19.2 Å². The number of rotatable bonds is 4. The zero-order valence-corrected chi connectivity index (χ0v) is 11.6. The Morgan fingerprint density at radius 3 is 2.85 bits per heavy atom. The quantitative estimate of drug-likeness (QED) is 0.695. The second-order valence-electron chi connectivity index (χ2n) is 4.88. The van der Waals surface area contributed by atoms with E-state index in [1.165, 1.54) is 0 Å². The number of hydrogen-bond donors (Lipinski definition) is 3. The summed E-state index contributed by atoms with van der Waals surface area (Å²) in [5.74, 6) is -0.187. The van der Waals surface area contributed by atoms with Crippen LogP contribution < -0.4 is 16.4 Å². The minimum Gasteiger partial charge on any atom is -0.397 e. The number of nitrogens with zero attached hydrogens (tertiary/aromatic N) is 1. The Kier molecular flexibility index (Phi) is 4.57. The van der Waals surface area contributed by atoms with Gasteiger partial charge in [0, 0.05) is 7.05 Å². The second-order valence-corrected chi connectivity index (χ2v) is 4.88. The van der Waals surface area contributed by atoms with Crippen molar-refractivity contribution < 1.29 is 9.59 Å². The Morgan fingerprint density at radius 2 is 2.15 bits per heavy atom. The molecule has 6 nitrogen and oxygen atoms in total. The number of hydrogen-bond acceptors (Lipinski definition) is 4. The summed E-state index contributed by atoms with van der Waals surface area (Å²) in [6.45, 7) is 0.961. The maximum absolute atomic E-state index is 12.0. The van der Waals surface area contributed by atoms with Crippen LogP contribution in [0.4, 0.5) is 11.4 Å². The average Bonchev–Trinajstić information content (AvgIpc) is 2.88. The van der Waals surface area contributed by atoms with E-state index in [2.05, 4.69) is 10.6 Å². The van der Waals surface area contributed by atoms with Gasteiger partial charge in [0.25, 0.3) is 0 Å². The highest BCUT2D eigenvalue weighted by Gasteiger charge is 2.31. The first-order valence-electron chi connectivity index (χ1n) is 6.72. The van der Waals surface area contributed by atoms with Crippen LogP contribution in [-0.2, 0) is 9.59 Å². The molecule has 1 aliphatic heterocycles. The number of likely N-dealkylation sites (N-methyl/N-ethyl adjacent to an activating group) is 1. The number of nitrogens with two attached hydrogens (primary N) is 1. The summed E-state index contributed by atoms with van der Waals surface area (Å²) in [7, 11) is 1.61. The molecule has 6 heteroatoms. The molecule has 0 spiro atoms. The molecule has 1 aromatic carbocycles. The maximum atomic E-state index is 12.0. The van der Waals surface area contributed by atoms with Crippen LogP contribution >= 0.6 is 0 Å². The fraction of sp³-hybridized carbons (Fsp3) is 0.429. The Morgan fingerprint density at radius 1 is 1.40 bits per heavy atom. The molecule has 1 aromatic rings. The zero-order valence-electron chi connectivity index (χ0n) is 11.6. The van der Waals surface area contributed by atoms with Crippen molar-refractivity contribution in [1.29, 1.82) is 0 Å². The van der Waals surface area contributed by atoms with Gasteiger partial charge in [0.05, 0.1) is 24.0 Å². The SMILES string of the molecule is CNC(=O)C1CCCN1CC(=O)Nc1ccccc1N. The summed E-state index contributed by atoms with van der Waals surface area (Å²) >= 11 is 0. The molecule has 2 amide bonds. The molecule has 1 aliphatic rings. The third-order valence-corrected chi connectivity index (χ3v) is 3.49. The molecule has 20 heavy (non-hydrogen) atoms. The molecule has 0 aromatic heterocycles. The number of benzene rings is 1. The predicted molar refractivity (Wildman–Crippen MR) is 78.1 cm³/mol. The molecule has 0 radical (unpaired) electrons. The average molecular weight is 276 g/mol. The molecular formula is C14H20N4O2. The van der Waals surface area contributed by atoms with Crippen LogP contribution in [0.25, 0.3) is 0 Å². The van der Waals surface area contributed by atoms with Crippen molar-refractivity contribution in [1.82, 2.24) is 10.2 Å². The van der Waals surface area contributed by atoms with Crippen molar-refractivity contribution in [2.45, 2.75) is 18.9 Å². The van der Waals surface area contributed by atoms with Crippen LogP contribution in [0.2, 0.25) is 0 Å². The number of carbonyl (C=O) groups excluding carboxylic acids is 2. The van der Waals surface area contributed by atoms with Crippen LogP contribution in [0.5, 0.6) is 0 Å². The molecule has 0 saturated carbocycles.